The molecule has 0 bridgehead atoms. The topological polar surface area (TPSA) is 37.4 Å². The SMILES string of the molecule is CC[C@@H](COC)NC1CCN(c2ccc(C)cn2)CC1. The molecule has 1 atom stereocenters. The second-order valence-corrected chi connectivity index (χ2v) is 5.68. The molecule has 0 radical (unpaired) electrons. The van der Waals surface area contributed by atoms with Crippen molar-refractivity contribution in [2.45, 2.75) is 45.2 Å². The van der Waals surface area contributed by atoms with Gasteiger partial charge in [-0.2, -0.15) is 0 Å². The minimum Gasteiger partial charge on any atom is -0.383 e. The van der Waals surface area contributed by atoms with E-state index in [1.165, 1.54) is 18.4 Å². The van der Waals surface area contributed by atoms with Crippen molar-refractivity contribution < 1.29 is 4.74 Å². The fourth-order valence-electron chi connectivity index (χ4n) is 2.74. The summed E-state index contributed by atoms with van der Waals surface area (Å²) in [6.07, 6.45) is 5.42. The van der Waals surface area contributed by atoms with E-state index in [0.29, 0.717) is 12.1 Å². The van der Waals surface area contributed by atoms with E-state index in [1.54, 1.807) is 7.11 Å². The highest BCUT2D eigenvalue weighted by molar-refractivity contribution is 5.39. The number of piperidine rings is 1. The summed E-state index contributed by atoms with van der Waals surface area (Å²) >= 11 is 0. The van der Waals surface area contributed by atoms with E-state index in [0.717, 1.165) is 31.9 Å². The van der Waals surface area contributed by atoms with Crippen LogP contribution >= 0.6 is 0 Å². The molecule has 0 saturated carbocycles. The van der Waals surface area contributed by atoms with Gasteiger partial charge in [0.1, 0.15) is 5.82 Å². The Labute approximate surface area is 122 Å². The third kappa shape index (κ3) is 4.18. The standard InChI is InChI=1S/C16H27N3O/c1-4-14(12-20-3)18-15-7-9-19(10-8-15)16-6-5-13(2)11-17-16/h5-6,11,14-15,18H,4,7-10,12H2,1-3H3/t14-/m0/s1. The normalized spacial score (nSPS) is 18.2. The fourth-order valence-corrected chi connectivity index (χ4v) is 2.74. The first-order valence-corrected chi connectivity index (χ1v) is 7.65. The maximum absolute atomic E-state index is 5.26. The summed E-state index contributed by atoms with van der Waals surface area (Å²) in [7, 11) is 1.77. The van der Waals surface area contributed by atoms with Gasteiger partial charge in [-0.1, -0.05) is 13.0 Å². The highest BCUT2D eigenvalue weighted by atomic mass is 16.5. The van der Waals surface area contributed by atoms with E-state index < -0.39 is 0 Å². The molecular formula is C16H27N3O. The third-order valence-corrected chi connectivity index (χ3v) is 4.05. The number of aryl methyl sites for hydroxylation is 1. The molecule has 1 aromatic heterocycles. The second kappa shape index (κ2) is 7.60. The van der Waals surface area contributed by atoms with Crippen LogP contribution in [-0.2, 0) is 4.74 Å². The van der Waals surface area contributed by atoms with Crippen LogP contribution in [0.5, 0.6) is 0 Å². The summed E-state index contributed by atoms with van der Waals surface area (Å²) in [5.41, 5.74) is 1.22. The largest absolute Gasteiger partial charge is 0.383 e. The van der Waals surface area contributed by atoms with Crippen LogP contribution in [0, 0.1) is 6.92 Å². The van der Waals surface area contributed by atoms with Crippen LogP contribution in [0.4, 0.5) is 5.82 Å². The quantitative estimate of drug-likeness (QED) is 0.866. The molecule has 112 valence electrons. The lowest BCUT2D eigenvalue weighted by Crippen LogP contribution is -2.47. The number of pyridine rings is 1. The Morgan fingerprint density at radius 2 is 2.15 bits per heavy atom. The Morgan fingerprint density at radius 3 is 2.70 bits per heavy atom. The lowest BCUT2D eigenvalue weighted by Gasteiger charge is -2.35. The van der Waals surface area contributed by atoms with Crippen LogP contribution < -0.4 is 10.2 Å². The zero-order chi connectivity index (χ0) is 14.4. The van der Waals surface area contributed by atoms with E-state index in [4.69, 9.17) is 4.74 Å². The number of hydrogen-bond donors (Lipinski definition) is 1. The number of ether oxygens (including phenoxy) is 1. The molecule has 4 heteroatoms. The Hall–Kier alpha value is -1.13. The van der Waals surface area contributed by atoms with Crippen LogP contribution in [-0.4, -0.2) is 43.9 Å². The van der Waals surface area contributed by atoms with Gasteiger partial charge in [0, 0.05) is 38.5 Å². The number of anilines is 1. The molecule has 1 aliphatic heterocycles. The van der Waals surface area contributed by atoms with E-state index in [-0.39, 0.29) is 0 Å². The van der Waals surface area contributed by atoms with Gasteiger partial charge in [0.15, 0.2) is 0 Å². The number of rotatable bonds is 6. The van der Waals surface area contributed by atoms with Gasteiger partial charge < -0.3 is 15.0 Å². The second-order valence-electron chi connectivity index (χ2n) is 5.68. The van der Waals surface area contributed by atoms with Crippen LogP contribution in [0.3, 0.4) is 0 Å². The van der Waals surface area contributed by atoms with Crippen LogP contribution in [0.25, 0.3) is 0 Å². The maximum atomic E-state index is 5.26. The zero-order valence-corrected chi connectivity index (χ0v) is 12.9. The maximum Gasteiger partial charge on any atom is 0.128 e. The Kier molecular flexibility index (Phi) is 5.80. The average molecular weight is 277 g/mol. The predicted octanol–water partition coefficient (Wildman–Crippen LogP) is 2.37. The first-order valence-electron chi connectivity index (χ1n) is 7.65. The molecule has 20 heavy (non-hydrogen) atoms. The number of aromatic nitrogens is 1. The number of nitrogens with one attached hydrogen (secondary N) is 1. The van der Waals surface area contributed by atoms with Gasteiger partial charge in [0.05, 0.1) is 6.61 Å². The summed E-state index contributed by atoms with van der Waals surface area (Å²) in [5, 5.41) is 3.72. The molecule has 0 aromatic carbocycles. The Bertz CT molecular complexity index is 385. The minimum atomic E-state index is 0.481. The van der Waals surface area contributed by atoms with Crippen LogP contribution in [0.1, 0.15) is 31.7 Å². The van der Waals surface area contributed by atoms with Gasteiger partial charge in [-0.3, -0.25) is 0 Å². The molecule has 0 aliphatic carbocycles. The van der Waals surface area contributed by atoms with E-state index >= 15 is 0 Å². The predicted molar refractivity (Wildman–Crippen MR) is 83.3 cm³/mol. The van der Waals surface area contributed by atoms with Crippen molar-refractivity contribution in [3.63, 3.8) is 0 Å². The van der Waals surface area contributed by atoms with Crippen molar-refractivity contribution in [1.82, 2.24) is 10.3 Å². The van der Waals surface area contributed by atoms with E-state index in [9.17, 15) is 0 Å². The molecule has 1 N–H and O–H groups in total. The highest BCUT2D eigenvalue weighted by Crippen LogP contribution is 2.18. The van der Waals surface area contributed by atoms with Crippen molar-refractivity contribution >= 4 is 5.82 Å². The van der Waals surface area contributed by atoms with Gasteiger partial charge in [-0.25, -0.2) is 4.98 Å². The monoisotopic (exact) mass is 277 g/mol. The van der Waals surface area contributed by atoms with Crippen LogP contribution in [0.2, 0.25) is 0 Å². The first kappa shape index (κ1) is 15.3. The van der Waals surface area contributed by atoms with Crippen molar-refractivity contribution in [3.8, 4) is 0 Å². The summed E-state index contributed by atoms with van der Waals surface area (Å²) in [6, 6.07) is 5.35. The van der Waals surface area contributed by atoms with Crippen molar-refractivity contribution in [3.05, 3.63) is 23.9 Å². The van der Waals surface area contributed by atoms with Gasteiger partial charge in [-0.15, -0.1) is 0 Å². The lowest BCUT2D eigenvalue weighted by molar-refractivity contribution is 0.155. The zero-order valence-electron chi connectivity index (χ0n) is 12.9. The number of methoxy groups -OCH3 is 1. The molecular weight excluding hydrogens is 250 g/mol. The summed E-state index contributed by atoms with van der Waals surface area (Å²) < 4.78 is 5.26. The Morgan fingerprint density at radius 1 is 1.40 bits per heavy atom. The molecule has 1 aromatic rings. The van der Waals surface area contributed by atoms with Crippen molar-refractivity contribution in [2.24, 2.45) is 0 Å². The molecule has 1 aliphatic rings. The van der Waals surface area contributed by atoms with Gasteiger partial charge in [0.25, 0.3) is 0 Å². The molecule has 4 nitrogen and oxygen atoms in total. The molecule has 2 heterocycles. The molecule has 2 rings (SSSR count). The summed E-state index contributed by atoms with van der Waals surface area (Å²) in [4.78, 5) is 6.90. The third-order valence-electron chi connectivity index (χ3n) is 4.05. The Balaban J connectivity index is 1.81. The molecule has 0 spiro atoms. The lowest BCUT2D eigenvalue weighted by atomic mass is 10.0. The average Bonchev–Trinajstić information content (AvgIpc) is 2.48. The molecule has 1 saturated heterocycles. The smallest absolute Gasteiger partial charge is 0.128 e. The molecule has 0 amide bonds. The van der Waals surface area contributed by atoms with Gasteiger partial charge in [0.2, 0.25) is 0 Å². The molecule has 1 fully saturated rings. The van der Waals surface area contributed by atoms with Gasteiger partial charge in [-0.05, 0) is 37.8 Å². The highest BCUT2D eigenvalue weighted by Gasteiger charge is 2.21. The van der Waals surface area contributed by atoms with Crippen molar-refractivity contribution in [1.29, 1.82) is 0 Å². The molecule has 0 unspecified atom stereocenters. The number of hydrogen-bond acceptors (Lipinski definition) is 4. The number of nitrogens with zero attached hydrogens (tertiary/aromatic N) is 2. The fraction of sp³-hybridized carbons (Fsp3) is 0.688. The minimum absolute atomic E-state index is 0.481. The summed E-state index contributed by atoms with van der Waals surface area (Å²) in [5.74, 6) is 1.11. The van der Waals surface area contributed by atoms with Gasteiger partial charge >= 0.3 is 0 Å². The van der Waals surface area contributed by atoms with E-state index in [1.807, 2.05) is 6.20 Å². The van der Waals surface area contributed by atoms with Crippen LogP contribution in [0.15, 0.2) is 18.3 Å². The first-order chi connectivity index (χ1) is 9.72. The van der Waals surface area contributed by atoms with Crippen molar-refractivity contribution in [2.75, 3.05) is 31.7 Å². The van der Waals surface area contributed by atoms with E-state index in [2.05, 4.69) is 41.2 Å². The summed E-state index contributed by atoms with van der Waals surface area (Å²) in [6.45, 7) is 7.25.